The SMILES string of the molecule is CC(C)C(Oc1ccc(F)cc1Br)C(=O)NN. The number of amides is 1. The number of hydrazine groups is 1. The molecule has 0 radical (unpaired) electrons. The Labute approximate surface area is 107 Å². The first-order valence-electron chi connectivity index (χ1n) is 5.08. The van der Waals surface area contributed by atoms with Crippen molar-refractivity contribution in [1.82, 2.24) is 5.43 Å². The highest BCUT2D eigenvalue weighted by atomic mass is 79.9. The molecule has 0 aliphatic heterocycles. The number of benzene rings is 1. The summed E-state index contributed by atoms with van der Waals surface area (Å²) in [6, 6.07) is 3.99. The third-order valence-corrected chi connectivity index (χ3v) is 2.77. The fourth-order valence-electron chi connectivity index (χ4n) is 1.28. The van der Waals surface area contributed by atoms with E-state index in [1.54, 1.807) is 0 Å². The number of carbonyl (C=O) groups excluding carboxylic acids is 1. The number of hydrogen-bond acceptors (Lipinski definition) is 3. The Balaban J connectivity index is 2.90. The lowest BCUT2D eigenvalue weighted by Gasteiger charge is -2.21. The van der Waals surface area contributed by atoms with Crippen LogP contribution in [-0.2, 0) is 4.79 Å². The monoisotopic (exact) mass is 304 g/mol. The zero-order valence-corrected chi connectivity index (χ0v) is 11.1. The van der Waals surface area contributed by atoms with Gasteiger partial charge in [-0.1, -0.05) is 13.8 Å². The molecule has 17 heavy (non-hydrogen) atoms. The summed E-state index contributed by atoms with van der Waals surface area (Å²) in [5.41, 5.74) is 2.04. The van der Waals surface area contributed by atoms with E-state index in [9.17, 15) is 9.18 Å². The van der Waals surface area contributed by atoms with Crippen LogP contribution in [0.1, 0.15) is 13.8 Å². The summed E-state index contributed by atoms with van der Waals surface area (Å²) in [4.78, 5) is 11.5. The van der Waals surface area contributed by atoms with Gasteiger partial charge in [0.25, 0.3) is 5.91 Å². The van der Waals surface area contributed by atoms with E-state index in [0.717, 1.165) is 0 Å². The molecule has 3 N–H and O–H groups in total. The summed E-state index contributed by atoms with van der Waals surface area (Å²) in [7, 11) is 0. The molecule has 1 aromatic carbocycles. The third kappa shape index (κ3) is 3.67. The fraction of sp³-hybridized carbons (Fsp3) is 0.364. The zero-order valence-electron chi connectivity index (χ0n) is 9.54. The quantitative estimate of drug-likeness (QED) is 0.508. The van der Waals surface area contributed by atoms with Crippen molar-refractivity contribution in [3.05, 3.63) is 28.5 Å². The van der Waals surface area contributed by atoms with E-state index in [4.69, 9.17) is 10.6 Å². The fourth-order valence-corrected chi connectivity index (χ4v) is 1.73. The lowest BCUT2D eigenvalue weighted by atomic mass is 10.1. The molecule has 1 amide bonds. The van der Waals surface area contributed by atoms with E-state index in [1.807, 2.05) is 19.3 Å². The van der Waals surface area contributed by atoms with E-state index in [-0.39, 0.29) is 11.7 Å². The number of hydrogen-bond donors (Lipinski definition) is 2. The Kier molecular flexibility index (Phi) is 4.89. The van der Waals surface area contributed by atoms with Crippen molar-refractivity contribution in [1.29, 1.82) is 0 Å². The predicted octanol–water partition coefficient (Wildman–Crippen LogP) is 1.98. The zero-order chi connectivity index (χ0) is 13.0. The maximum atomic E-state index is 12.9. The number of carbonyl (C=O) groups is 1. The number of nitrogens with two attached hydrogens (primary N) is 1. The lowest BCUT2D eigenvalue weighted by molar-refractivity contribution is -0.129. The molecule has 0 aliphatic carbocycles. The number of halogens is 2. The minimum absolute atomic E-state index is 0.0597. The summed E-state index contributed by atoms with van der Waals surface area (Å²) < 4.78 is 18.8. The van der Waals surface area contributed by atoms with E-state index in [0.29, 0.717) is 10.2 Å². The van der Waals surface area contributed by atoms with E-state index >= 15 is 0 Å². The Bertz CT molecular complexity index is 412. The van der Waals surface area contributed by atoms with Gasteiger partial charge in [0.1, 0.15) is 11.6 Å². The second-order valence-electron chi connectivity index (χ2n) is 3.87. The van der Waals surface area contributed by atoms with Gasteiger partial charge in [0.05, 0.1) is 4.47 Å². The van der Waals surface area contributed by atoms with Gasteiger partial charge in [0, 0.05) is 0 Å². The molecule has 0 saturated heterocycles. The maximum absolute atomic E-state index is 12.9. The lowest BCUT2D eigenvalue weighted by Crippen LogP contribution is -2.44. The van der Waals surface area contributed by atoms with Gasteiger partial charge in [0.2, 0.25) is 0 Å². The van der Waals surface area contributed by atoms with E-state index < -0.39 is 12.0 Å². The third-order valence-electron chi connectivity index (χ3n) is 2.15. The van der Waals surface area contributed by atoms with Gasteiger partial charge in [-0.25, -0.2) is 10.2 Å². The van der Waals surface area contributed by atoms with Crippen LogP contribution < -0.4 is 16.0 Å². The Hall–Kier alpha value is -1.14. The maximum Gasteiger partial charge on any atom is 0.275 e. The first kappa shape index (κ1) is 13.9. The van der Waals surface area contributed by atoms with Crippen molar-refractivity contribution >= 4 is 21.8 Å². The van der Waals surface area contributed by atoms with Crippen LogP contribution in [0.5, 0.6) is 5.75 Å². The molecule has 1 unspecified atom stereocenters. The van der Waals surface area contributed by atoms with Gasteiger partial charge in [-0.15, -0.1) is 0 Å². The molecule has 1 aromatic rings. The van der Waals surface area contributed by atoms with Crippen LogP contribution in [0.3, 0.4) is 0 Å². The molecule has 0 aromatic heterocycles. The van der Waals surface area contributed by atoms with Gasteiger partial charge in [-0.2, -0.15) is 0 Å². The highest BCUT2D eigenvalue weighted by molar-refractivity contribution is 9.10. The summed E-state index contributed by atoms with van der Waals surface area (Å²) in [5, 5.41) is 0. The Morgan fingerprint density at radius 1 is 1.53 bits per heavy atom. The van der Waals surface area contributed by atoms with Gasteiger partial charge < -0.3 is 4.74 Å². The standard InChI is InChI=1S/C11H14BrFN2O2/c1-6(2)10(11(16)15-14)17-9-4-3-7(13)5-8(9)12/h3-6,10H,14H2,1-2H3,(H,15,16). The van der Waals surface area contributed by atoms with Crippen molar-refractivity contribution in [2.75, 3.05) is 0 Å². The number of ether oxygens (including phenoxy) is 1. The molecule has 0 aliphatic rings. The van der Waals surface area contributed by atoms with Crippen molar-refractivity contribution in [3.8, 4) is 5.75 Å². The van der Waals surface area contributed by atoms with Crippen LogP contribution >= 0.6 is 15.9 Å². The molecule has 1 rings (SSSR count). The molecule has 0 bridgehead atoms. The Morgan fingerprint density at radius 3 is 2.65 bits per heavy atom. The van der Waals surface area contributed by atoms with E-state index in [1.165, 1.54) is 18.2 Å². The minimum atomic E-state index is -0.721. The van der Waals surface area contributed by atoms with Gasteiger partial charge in [-0.3, -0.25) is 10.2 Å². The van der Waals surface area contributed by atoms with Gasteiger partial charge in [-0.05, 0) is 40.0 Å². The van der Waals surface area contributed by atoms with Gasteiger partial charge in [0.15, 0.2) is 6.10 Å². The molecule has 0 heterocycles. The van der Waals surface area contributed by atoms with Gasteiger partial charge >= 0.3 is 0 Å². The van der Waals surface area contributed by atoms with Crippen molar-refractivity contribution in [2.24, 2.45) is 11.8 Å². The molecular formula is C11H14BrFN2O2. The minimum Gasteiger partial charge on any atom is -0.479 e. The molecule has 0 fully saturated rings. The number of rotatable bonds is 4. The van der Waals surface area contributed by atoms with Crippen LogP contribution in [0.2, 0.25) is 0 Å². The molecule has 6 heteroatoms. The molecular weight excluding hydrogens is 291 g/mol. The Morgan fingerprint density at radius 2 is 2.18 bits per heavy atom. The van der Waals surface area contributed by atoms with Crippen LogP contribution in [0.4, 0.5) is 4.39 Å². The summed E-state index contributed by atoms with van der Waals surface area (Å²) in [6.45, 7) is 3.66. The first-order chi connectivity index (χ1) is 7.95. The summed E-state index contributed by atoms with van der Waals surface area (Å²) in [6.07, 6.45) is -0.721. The van der Waals surface area contributed by atoms with Crippen LogP contribution in [0.15, 0.2) is 22.7 Å². The molecule has 0 spiro atoms. The summed E-state index contributed by atoms with van der Waals surface area (Å²) in [5.74, 6) is 4.61. The average Bonchev–Trinajstić information content (AvgIpc) is 2.26. The first-order valence-corrected chi connectivity index (χ1v) is 5.87. The highest BCUT2D eigenvalue weighted by Gasteiger charge is 2.24. The van der Waals surface area contributed by atoms with Crippen LogP contribution in [-0.4, -0.2) is 12.0 Å². The summed E-state index contributed by atoms with van der Waals surface area (Å²) >= 11 is 3.17. The molecule has 4 nitrogen and oxygen atoms in total. The molecule has 94 valence electrons. The van der Waals surface area contributed by atoms with Crippen molar-refractivity contribution < 1.29 is 13.9 Å². The highest BCUT2D eigenvalue weighted by Crippen LogP contribution is 2.27. The largest absolute Gasteiger partial charge is 0.479 e. The average molecular weight is 305 g/mol. The molecule has 0 saturated carbocycles. The van der Waals surface area contributed by atoms with Crippen molar-refractivity contribution in [2.45, 2.75) is 20.0 Å². The van der Waals surface area contributed by atoms with Crippen molar-refractivity contribution in [3.63, 3.8) is 0 Å². The van der Waals surface area contributed by atoms with Crippen LogP contribution in [0, 0.1) is 11.7 Å². The number of nitrogens with one attached hydrogen (secondary N) is 1. The molecule has 1 atom stereocenters. The second-order valence-corrected chi connectivity index (χ2v) is 4.72. The second kappa shape index (κ2) is 5.97. The normalized spacial score (nSPS) is 12.4. The smallest absolute Gasteiger partial charge is 0.275 e. The van der Waals surface area contributed by atoms with E-state index in [2.05, 4.69) is 15.9 Å². The predicted molar refractivity (Wildman–Crippen MR) is 65.7 cm³/mol. The van der Waals surface area contributed by atoms with Crippen LogP contribution in [0.25, 0.3) is 0 Å². The topological polar surface area (TPSA) is 64.3 Å².